The molecule has 2 rings (SSSR count). The fraction of sp³-hybridized carbons (Fsp3) is 0. The molecule has 0 saturated carbocycles. The van der Waals surface area contributed by atoms with Crippen LogP contribution in [0.2, 0.25) is 0 Å². The van der Waals surface area contributed by atoms with Crippen molar-refractivity contribution < 1.29 is 31.7 Å². The Hall–Kier alpha value is -2.32. The summed E-state index contributed by atoms with van der Waals surface area (Å²) in [5.74, 6) is -3.49. The van der Waals surface area contributed by atoms with E-state index in [1.54, 1.807) is 30.3 Å². The maximum Gasteiger partial charge on any atom is 0.335 e. The van der Waals surface area contributed by atoms with Crippen LogP contribution in [-0.4, -0.2) is 24.0 Å². The number of benzene rings is 2. The highest BCUT2D eigenvalue weighted by atomic mass is 32.2. The van der Waals surface area contributed by atoms with Gasteiger partial charge in [-0.05, 0) is 24.3 Å². The summed E-state index contributed by atoms with van der Waals surface area (Å²) in [5.41, 5.74) is 0.331. The van der Waals surface area contributed by atoms with Gasteiger partial charge in [-0.1, -0.05) is 24.3 Å². The van der Waals surface area contributed by atoms with E-state index in [-0.39, 0.29) is 0 Å². The summed E-state index contributed by atoms with van der Waals surface area (Å²) in [4.78, 5) is 8.89. The van der Waals surface area contributed by atoms with Crippen LogP contribution in [0.3, 0.4) is 0 Å². The van der Waals surface area contributed by atoms with Gasteiger partial charge in [0.25, 0.3) is 10.1 Å². The van der Waals surface area contributed by atoms with Crippen LogP contribution in [0, 0.1) is 11.6 Å². The Labute approximate surface area is 119 Å². The van der Waals surface area contributed by atoms with Crippen molar-refractivity contribution in [3.63, 3.8) is 0 Å². The Morgan fingerprint density at radius 3 is 1.67 bits per heavy atom. The smallest absolute Gasteiger partial charge is 0.335 e. The summed E-state index contributed by atoms with van der Waals surface area (Å²) in [6.45, 7) is 0. The van der Waals surface area contributed by atoms with Crippen LogP contribution in [0.5, 0.6) is 0 Å². The molecule has 5 nitrogen and oxygen atoms in total. The van der Waals surface area contributed by atoms with E-state index in [0.717, 1.165) is 18.2 Å². The highest BCUT2D eigenvalue weighted by molar-refractivity contribution is 7.85. The quantitative estimate of drug-likeness (QED) is 0.831. The van der Waals surface area contributed by atoms with Gasteiger partial charge in [0, 0.05) is 0 Å². The molecule has 0 amide bonds. The molecule has 0 spiro atoms. The zero-order chi connectivity index (χ0) is 16.0. The van der Waals surface area contributed by atoms with E-state index in [1.165, 1.54) is 0 Å². The van der Waals surface area contributed by atoms with Crippen molar-refractivity contribution in [2.24, 2.45) is 0 Å². The largest absolute Gasteiger partial charge is 0.478 e. The first-order valence-corrected chi connectivity index (χ1v) is 6.87. The molecule has 8 heteroatoms. The fourth-order valence-electron chi connectivity index (χ4n) is 1.31. The van der Waals surface area contributed by atoms with E-state index in [1.807, 2.05) is 0 Å². The van der Waals surface area contributed by atoms with Crippen molar-refractivity contribution in [2.45, 2.75) is 4.90 Å². The van der Waals surface area contributed by atoms with Crippen molar-refractivity contribution in [1.29, 1.82) is 0 Å². The molecule has 0 saturated heterocycles. The molecule has 0 aliphatic carbocycles. The van der Waals surface area contributed by atoms with Gasteiger partial charge >= 0.3 is 5.97 Å². The Kier molecular flexibility index (Phi) is 5.51. The summed E-state index contributed by atoms with van der Waals surface area (Å²) in [6, 6.07) is 10.8. The Bertz CT molecular complexity index is 709. The second-order valence-electron chi connectivity index (χ2n) is 3.70. The molecule has 0 aromatic heterocycles. The zero-order valence-electron chi connectivity index (χ0n) is 10.4. The maximum absolute atomic E-state index is 12.6. The average Bonchev–Trinajstić information content (AvgIpc) is 2.38. The van der Waals surface area contributed by atoms with E-state index < -0.39 is 32.6 Å². The maximum atomic E-state index is 12.6. The second kappa shape index (κ2) is 6.91. The predicted molar refractivity (Wildman–Crippen MR) is 69.6 cm³/mol. The Balaban J connectivity index is 0.000000219. The lowest BCUT2D eigenvalue weighted by molar-refractivity contribution is 0.0697. The number of halogens is 2. The number of carboxylic acid groups (broad SMARTS) is 1. The molecular weight excluding hydrogens is 306 g/mol. The van der Waals surface area contributed by atoms with Gasteiger partial charge in [0.05, 0.1) is 5.56 Å². The van der Waals surface area contributed by atoms with E-state index in [4.69, 9.17) is 9.66 Å². The van der Waals surface area contributed by atoms with E-state index in [9.17, 15) is 22.0 Å². The van der Waals surface area contributed by atoms with Gasteiger partial charge in [-0.15, -0.1) is 0 Å². The van der Waals surface area contributed by atoms with Crippen molar-refractivity contribution >= 4 is 16.1 Å². The van der Waals surface area contributed by atoms with E-state index in [2.05, 4.69) is 0 Å². The molecule has 0 atom stereocenters. The van der Waals surface area contributed by atoms with Gasteiger partial charge in [-0.25, -0.2) is 13.6 Å². The standard InChI is InChI=1S/C7H6O2.C6H4F2O3S/c8-7(9)6-4-2-1-3-5-6;7-4-2-1-3-5(8)6(4)12(9,10)11/h1-5H,(H,8,9);1-3H,(H,9,10,11). The van der Waals surface area contributed by atoms with Crippen LogP contribution in [0.1, 0.15) is 10.4 Å². The predicted octanol–water partition coefficient (Wildman–Crippen LogP) is 2.60. The minimum Gasteiger partial charge on any atom is -0.478 e. The van der Waals surface area contributed by atoms with Crippen LogP contribution in [0.15, 0.2) is 53.4 Å². The van der Waals surface area contributed by atoms with Crippen LogP contribution in [-0.2, 0) is 10.1 Å². The van der Waals surface area contributed by atoms with Gasteiger partial charge < -0.3 is 5.11 Å². The van der Waals surface area contributed by atoms with Crippen LogP contribution >= 0.6 is 0 Å². The zero-order valence-corrected chi connectivity index (χ0v) is 11.2. The third-order valence-electron chi connectivity index (χ3n) is 2.20. The molecule has 2 aromatic carbocycles. The van der Waals surface area contributed by atoms with Crippen LogP contribution in [0.4, 0.5) is 8.78 Å². The molecule has 2 aromatic rings. The molecule has 0 radical (unpaired) electrons. The topological polar surface area (TPSA) is 91.7 Å². The number of hydrogen-bond acceptors (Lipinski definition) is 3. The highest BCUT2D eigenvalue weighted by Gasteiger charge is 2.20. The minimum atomic E-state index is -4.81. The van der Waals surface area contributed by atoms with Crippen LogP contribution < -0.4 is 0 Å². The SMILES string of the molecule is O=C(O)c1ccccc1.O=S(=O)(O)c1c(F)cccc1F. The lowest BCUT2D eigenvalue weighted by atomic mass is 10.2. The third kappa shape index (κ3) is 4.93. The van der Waals surface area contributed by atoms with Gasteiger partial charge in [0.1, 0.15) is 11.6 Å². The monoisotopic (exact) mass is 316 g/mol. The molecule has 2 N–H and O–H groups in total. The average molecular weight is 316 g/mol. The van der Waals surface area contributed by atoms with Crippen molar-refractivity contribution in [3.8, 4) is 0 Å². The molecule has 0 aliphatic heterocycles. The number of rotatable bonds is 2. The first-order chi connectivity index (χ1) is 9.73. The molecule has 0 aliphatic rings. The summed E-state index contributed by atoms with van der Waals surface area (Å²) in [7, 11) is -4.81. The lowest BCUT2D eigenvalue weighted by Crippen LogP contribution is -2.04. The van der Waals surface area contributed by atoms with Gasteiger partial charge in [0.2, 0.25) is 0 Å². The fourth-order valence-corrected chi connectivity index (χ4v) is 1.94. The molecule has 112 valence electrons. The van der Waals surface area contributed by atoms with Crippen molar-refractivity contribution in [1.82, 2.24) is 0 Å². The summed E-state index contributed by atoms with van der Waals surface area (Å²) in [6.07, 6.45) is 0. The Morgan fingerprint density at radius 1 is 0.905 bits per heavy atom. The number of carboxylic acids is 1. The summed E-state index contributed by atoms with van der Waals surface area (Å²) < 4.78 is 54.2. The second-order valence-corrected chi connectivity index (χ2v) is 5.06. The normalized spacial score (nSPS) is 10.4. The molecule has 21 heavy (non-hydrogen) atoms. The summed E-state index contributed by atoms with van der Waals surface area (Å²) in [5, 5.41) is 8.38. The van der Waals surface area contributed by atoms with Crippen molar-refractivity contribution in [2.75, 3.05) is 0 Å². The molecule has 0 unspecified atom stereocenters. The first-order valence-electron chi connectivity index (χ1n) is 5.43. The number of carbonyl (C=O) groups is 1. The van der Waals surface area contributed by atoms with Crippen LogP contribution in [0.25, 0.3) is 0 Å². The number of hydrogen-bond donors (Lipinski definition) is 2. The van der Waals surface area contributed by atoms with E-state index in [0.29, 0.717) is 5.56 Å². The highest BCUT2D eigenvalue weighted by Crippen LogP contribution is 2.17. The van der Waals surface area contributed by atoms with Gasteiger partial charge in [-0.3, -0.25) is 4.55 Å². The van der Waals surface area contributed by atoms with Crippen molar-refractivity contribution in [3.05, 3.63) is 65.7 Å². The number of aromatic carboxylic acids is 1. The van der Waals surface area contributed by atoms with Gasteiger partial charge in [-0.2, -0.15) is 8.42 Å². The van der Waals surface area contributed by atoms with Gasteiger partial charge in [0.15, 0.2) is 4.90 Å². The van der Waals surface area contributed by atoms with E-state index >= 15 is 0 Å². The first kappa shape index (κ1) is 16.7. The molecular formula is C13H10F2O5S. The summed E-state index contributed by atoms with van der Waals surface area (Å²) >= 11 is 0. The molecule has 0 bridgehead atoms. The lowest BCUT2D eigenvalue weighted by Gasteiger charge is -1.98. The molecule has 0 heterocycles. The Morgan fingerprint density at radius 2 is 1.38 bits per heavy atom. The molecule has 0 fully saturated rings. The third-order valence-corrected chi connectivity index (χ3v) is 3.10. The minimum absolute atomic E-state index is 0.331.